The van der Waals surface area contributed by atoms with Gasteiger partial charge < -0.3 is 19.1 Å². The van der Waals surface area contributed by atoms with Gasteiger partial charge in [-0.15, -0.1) is 24.5 Å². The lowest BCUT2D eigenvalue weighted by atomic mass is 9.57. The zero-order valence-electron chi connectivity index (χ0n) is 82.5. The Labute approximate surface area is 786 Å². The lowest BCUT2D eigenvalue weighted by molar-refractivity contribution is 0.249. The van der Waals surface area contributed by atoms with Crippen LogP contribution in [0.1, 0.15) is 371 Å². The van der Waals surface area contributed by atoms with Gasteiger partial charge in [0.05, 0.1) is 30.0 Å². The second-order valence-corrected chi connectivity index (χ2v) is 43.9. The highest BCUT2D eigenvalue weighted by Gasteiger charge is 2.53. The van der Waals surface area contributed by atoms with E-state index in [1.165, 1.54) is 227 Å². The first-order valence-electron chi connectivity index (χ1n) is 50.9. The van der Waals surface area contributed by atoms with Crippen LogP contribution in [0, 0.1) is 0 Å². The standard InChI is InChI=1S/C125H149NO3S/c1-21-29-34-36-38-40-67-124(68-41-39-37-35-30-22-2)105-73-90(53-61-98(105)99-62-54-91(74-106(99)124)121(18,26-6)92-58-66-111-115(78-92)129-114-77-89(118(11,12)13)57-65-110(114)126(111)97-59-43-84(44-60-97)42-31-23-3)119(14,15)122(19,27-7)93-55-63-100-101-64-56-94(76-108(101)125(107(100)75-93,95-51-49-85-45-47-87(85)71-95)96-52-50-86-46-48-88(86)72-96)123(20,28-8)120(16,17)109-82-117-104(80-113(109)128-70-33-25-5)103-79-112(127-69-32-24-4)102(83(9)10)81-116(103)130-117/h24-25,43-44,49-66,71-83H,4-5,21-23,26-42,45-48,67-70H2,1-3,6-20H3. The van der Waals surface area contributed by atoms with E-state index in [1.807, 2.05) is 23.5 Å². The predicted octanol–water partition coefficient (Wildman–Crippen LogP) is 35.6. The molecule has 17 rings (SSSR count). The molecule has 2 heterocycles. The Morgan fingerprint density at radius 2 is 0.862 bits per heavy atom. The summed E-state index contributed by atoms with van der Waals surface area (Å²) in [6.45, 7) is 53.1. The van der Waals surface area contributed by atoms with Gasteiger partial charge in [-0.1, -0.05) is 354 Å². The molecule has 0 radical (unpaired) electrons. The van der Waals surface area contributed by atoms with Gasteiger partial charge in [-0.2, -0.15) is 0 Å². The molecule has 0 saturated heterocycles. The molecule has 5 aliphatic rings. The lowest BCUT2D eigenvalue weighted by Crippen LogP contribution is -2.43. The monoisotopic (exact) mass is 1740 g/mol. The molecule has 0 amide bonds. The van der Waals surface area contributed by atoms with Crippen LogP contribution < -0.4 is 19.1 Å². The molecule has 12 aromatic rings. The SMILES string of the molecule is C=CCCOc1cc2c(cc1C(C)C)sc1cc(C(C)(C)C(C)(CC)c3ccc4c(c3)C(c3ccc5c(c3)CC5)(c3ccc5c(c3)CC5)c3cc(C(C)(CC)C(C)(C)c5ccc6c(c5)C(CCCCCCCC)(CCCCCCCC)c5cc(C(C)(CC)c7ccc8c(c7)Oc7cc(C(C)(C)C)ccc7N8c7ccc(CCCC)cc7)ccc5-6)ccc3-4)c(OCCC=C)cc12. The fraction of sp³-hybridized carbons (Fsp3) is 0.440. The van der Waals surface area contributed by atoms with Crippen molar-refractivity contribution in [1.82, 2.24) is 0 Å². The van der Waals surface area contributed by atoms with E-state index in [4.69, 9.17) is 14.2 Å². The number of fused-ring (bicyclic) bond motifs is 13. The maximum atomic E-state index is 7.29. The number of thiophene rings is 1. The van der Waals surface area contributed by atoms with E-state index in [2.05, 4.69) is 337 Å². The van der Waals surface area contributed by atoms with Crippen LogP contribution in [0.25, 0.3) is 42.4 Å². The van der Waals surface area contributed by atoms with Crippen LogP contribution in [0.15, 0.2) is 219 Å². The number of anilines is 3. The van der Waals surface area contributed by atoms with E-state index in [0.29, 0.717) is 19.1 Å². The molecular formula is C125H149NO3S. The van der Waals surface area contributed by atoms with Gasteiger partial charge in [0.1, 0.15) is 11.5 Å². The summed E-state index contributed by atoms with van der Waals surface area (Å²) in [7, 11) is 0. The van der Waals surface area contributed by atoms with Gasteiger partial charge in [0.25, 0.3) is 0 Å². The third kappa shape index (κ3) is 16.0. The quantitative estimate of drug-likeness (QED) is 0.0283. The molecule has 130 heavy (non-hydrogen) atoms. The van der Waals surface area contributed by atoms with Gasteiger partial charge in [0, 0.05) is 58.5 Å². The molecule has 0 bridgehead atoms. The second-order valence-electron chi connectivity index (χ2n) is 42.8. The van der Waals surface area contributed by atoms with Crippen LogP contribution in [-0.4, -0.2) is 13.2 Å². The highest BCUT2D eigenvalue weighted by Crippen LogP contribution is 2.64. The summed E-state index contributed by atoms with van der Waals surface area (Å²) in [4.78, 5) is 2.45. The number of nitrogens with zero attached hydrogens (tertiary/aromatic N) is 1. The molecular weight excluding hydrogens is 1600 g/mol. The van der Waals surface area contributed by atoms with Gasteiger partial charge >= 0.3 is 0 Å². The Morgan fingerprint density at radius 3 is 1.36 bits per heavy atom. The molecule has 0 N–H and O–H groups in total. The van der Waals surface area contributed by atoms with Gasteiger partial charge in [-0.3, -0.25) is 0 Å². The van der Waals surface area contributed by atoms with Crippen molar-refractivity contribution in [3.63, 3.8) is 0 Å². The van der Waals surface area contributed by atoms with Crippen molar-refractivity contribution in [2.24, 2.45) is 0 Å². The lowest BCUT2D eigenvalue weighted by Gasteiger charge is -2.47. The average Bonchev–Trinajstić information content (AvgIpc) is 1.51. The number of rotatable bonds is 40. The zero-order chi connectivity index (χ0) is 91.5. The normalized spacial score (nSPS) is 15.8. The van der Waals surface area contributed by atoms with Gasteiger partial charge in [0.15, 0.2) is 11.5 Å². The van der Waals surface area contributed by atoms with Crippen molar-refractivity contribution in [1.29, 1.82) is 0 Å². The molecule has 4 nitrogen and oxygen atoms in total. The number of hydrogen-bond donors (Lipinski definition) is 0. The van der Waals surface area contributed by atoms with Crippen molar-refractivity contribution in [2.75, 3.05) is 18.1 Å². The average molecular weight is 1750 g/mol. The minimum atomic E-state index is -0.626. The van der Waals surface area contributed by atoms with E-state index >= 15 is 0 Å². The topological polar surface area (TPSA) is 30.9 Å². The van der Waals surface area contributed by atoms with Crippen LogP contribution in [0.5, 0.6) is 23.0 Å². The predicted molar refractivity (Wildman–Crippen MR) is 558 cm³/mol. The largest absolute Gasteiger partial charge is 0.493 e. The Balaban J connectivity index is 0.784. The minimum Gasteiger partial charge on any atom is -0.493 e. The molecule has 5 heteroatoms. The van der Waals surface area contributed by atoms with Crippen LogP contribution in [0.3, 0.4) is 0 Å². The maximum Gasteiger partial charge on any atom is 0.151 e. The first kappa shape index (κ1) is 92.2. The summed E-state index contributed by atoms with van der Waals surface area (Å²) >= 11 is 1.90. The number of aryl methyl sites for hydroxylation is 5. The molecule has 0 spiro atoms. The molecule has 11 aromatic carbocycles. The second kappa shape index (κ2) is 37.1. The maximum absolute atomic E-state index is 7.29. The first-order chi connectivity index (χ1) is 62.6. The third-order valence-electron chi connectivity index (χ3n) is 33.8. The number of unbranched alkanes of at least 4 members (excludes halogenated alkanes) is 11. The Bertz CT molecular complexity index is 6130. The van der Waals surface area contributed by atoms with Crippen molar-refractivity contribution < 1.29 is 14.2 Å². The Kier molecular flexibility index (Phi) is 26.3. The fourth-order valence-electron chi connectivity index (χ4n) is 23.8. The van der Waals surface area contributed by atoms with Crippen LogP contribution in [0.4, 0.5) is 17.1 Å². The number of hydrogen-bond acceptors (Lipinski definition) is 5. The van der Waals surface area contributed by atoms with Gasteiger partial charge in [-0.25, -0.2) is 0 Å². The molecule has 1 aromatic heterocycles. The zero-order valence-corrected chi connectivity index (χ0v) is 83.3. The molecule has 0 fully saturated rings. The summed E-state index contributed by atoms with van der Waals surface area (Å²) in [6, 6.07) is 80.1. The molecule has 3 unspecified atom stereocenters. The number of benzene rings is 11. The van der Waals surface area contributed by atoms with E-state index < -0.39 is 10.8 Å². The summed E-state index contributed by atoms with van der Waals surface area (Å²) in [5, 5.41) is 2.43. The van der Waals surface area contributed by atoms with E-state index in [1.54, 1.807) is 11.1 Å². The minimum absolute atomic E-state index is 0.0438. The molecule has 1 aliphatic heterocycles. The van der Waals surface area contributed by atoms with Crippen LogP contribution >= 0.6 is 11.3 Å². The molecule has 0 saturated carbocycles. The van der Waals surface area contributed by atoms with Crippen LogP contribution in [-0.2, 0) is 75.4 Å². The smallest absolute Gasteiger partial charge is 0.151 e. The molecule has 678 valence electrons. The third-order valence-corrected chi connectivity index (χ3v) is 34.9. The highest BCUT2D eigenvalue weighted by atomic mass is 32.1. The first-order valence-corrected chi connectivity index (χ1v) is 51.7. The van der Waals surface area contributed by atoms with E-state index in [-0.39, 0.29) is 32.5 Å². The Morgan fingerprint density at radius 1 is 0.415 bits per heavy atom. The van der Waals surface area contributed by atoms with Crippen LogP contribution in [0.2, 0.25) is 0 Å². The number of ether oxygens (including phenoxy) is 3. The van der Waals surface area contributed by atoms with E-state index in [9.17, 15) is 0 Å². The van der Waals surface area contributed by atoms with Crippen molar-refractivity contribution >= 4 is 48.6 Å². The summed E-state index contributed by atoms with van der Waals surface area (Å²) < 4.78 is 23.5. The summed E-state index contributed by atoms with van der Waals surface area (Å²) in [5.41, 5.74) is 33.0. The van der Waals surface area contributed by atoms with E-state index in [0.717, 1.165) is 117 Å². The summed E-state index contributed by atoms with van der Waals surface area (Å²) in [6.07, 6.45) is 33.8. The van der Waals surface area contributed by atoms with Crippen molar-refractivity contribution in [2.45, 2.75) is 341 Å². The van der Waals surface area contributed by atoms with Crippen molar-refractivity contribution in [3.05, 3.63) is 325 Å². The van der Waals surface area contributed by atoms with Gasteiger partial charge in [-0.05, 0) is 283 Å². The van der Waals surface area contributed by atoms with Crippen molar-refractivity contribution in [3.8, 4) is 45.3 Å². The summed E-state index contributed by atoms with van der Waals surface area (Å²) in [5.74, 6) is 4.04. The van der Waals surface area contributed by atoms with Gasteiger partial charge in [0.2, 0.25) is 0 Å². The highest BCUT2D eigenvalue weighted by molar-refractivity contribution is 7.25. The fourth-order valence-corrected chi connectivity index (χ4v) is 24.9. The molecule has 4 aliphatic carbocycles. The molecule has 3 atom stereocenters. The Hall–Kier alpha value is -9.68.